The lowest BCUT2D eigenvalue weighted by Gasteiger charge is -1.75. The second kappa shape index (κ2) is 29.6. The standard InChI is InChI=1S/C5H5N.C4H7N.2CH2OS.CH4/c1-2-4-6-5-3-1;1-4(2)3-5;2*2-1-3;/h1-5H;4H,1-2H3;2*1H,(H,2,3);1H4. The Morgan fingerprint density at radius 2 is 1.39 bits per heavy atom. The van der Waals surface area contributed by atoms with E-state index in [0.29, 0.717) is 11.2 Å². The maximum atomic E-state index is 8.67. The molecule has 0 spiro atoms. The Bertz CT molecular complexity index is 255. The molecule has 1 rings (SSSR count). The number of hydrogen-bond donors (Lipinski definition) is 2. The number of nitriles is 1. The van der Waals surface area contributed by atoms with Crippen LogP contribution in [0.15, 0.2) is 30.6 Å². The van der Waals surface area contributed by atoms with Gasteiger partial charge in [-0.3, -0.25) is 14.6 Å². The van der Waals surface area contributed by atoms with Gasteiger partial charge in [-0.05, 0) is 26.0 Å². The molecule has 0 fully saturated rings. The highest BCUT2D eigenvalue weighted by atomic mass is 32.1. The highest BCUT2D eigenvalue weighted by molar-refractivity contribution is 7.94. The Morgan fingerprint density at radius 1 is 1.11 bits per heavy atom. The molecular weight excluding hydrogens is 268 g/mol. The van der Waals surface area contributed by atoms with Crippen molar-refractivity contribution in [2.75, 3.05) is 0 Å². The average molecular weight is 288 g/mol. The number of rotatable bonds is 0. The highest BCUT2D eigenvalue weighted by Crippen LogP contribution is 1.82. The fourth-order valence-corrected chi connectivity index (χ4v) is 0.313. The summed E-state index contributed by atoms with van der Waals surface area (Å²) in [6, 6.07) is 7.74. The van der Waals surface area contributed by atoms with Gasteiger partial charge in [0.2, 0.25) is 0 Å². The smallest absolute Gasteiger partial charge is 0.173 e. The third kappa shape index (κ3) is 61.6. The zero-order chi connectivity index (χ0) is 13.9. The van der Waals surface area contributed by atoms with Gasteiger partial charge in [0.25, 0.3) is 0 Å². The Hall–Kier alpha value is -1.32. The second-order valence-electron chi connectivity index (χ2n) is 2.52. The number of pyridine rings is 1. The van der Waals surface area contributed by atoms with Crippen LogP contribution in [0.3, 0.4) is 0 Å². The molecule has 1 heterocycles. The maximum Gasteiger partial charge on any atom is 0.173 e. The SMILES string of the molecule is C.CC(C)C#N.O=CS.O=CS.c1ccncc1. The van der Waals surface area contributed by atoms with Crippen molar-refractivity contribution < 1.29 is 9.59 Å². The third-order valence-electron chi connectivity index (χ3n) is 0.825. The van der Waals surface area contributed by atoms with Gasteiger partial charge in [0, 0.05) is 18.3 Å². The molecule has 0 unspecified atom stereocenters. The Kier molecular flexibility index (Phi) is 42.0. The summed E-state index contributed by atoms with van der Waals surface area (Å²) >= 11 is 6.22. The van der Waals surface area contributed by atoms with Crippen molar-refractivity contribution in [3.8, 4) is 6.07 Å². The van der Waals surface area contributed by atoms with E-state index in [4.69, 9.17) is 14.9 Å². The van der Waals surface area contributed by atoms with E-state index in [1.165, 1.54) is 0 Å². The van der Waals surface area contributed by atoms with Crippen molar-refractivity contribution in [3.05, 3.63) is 30.6 Å². The number of carbonyl (C=O) groups excluding carboxylic acids is 2. The van der Waals surface area contributed by atoms with Gasteiger partial charge in [-0.15, -0.1) is 25.3 Å². The lowest BCUT2D eigenvalue weighted by molar-refractivity contribution is 0.569. The van der Waals surface area contributed by atoms with Crippen LogP contribution in [0, 0.1) is 17.2 Å². The molecule has 1 aromatic rings. The quantitative estimate of drug-likeness (QED) is 0.568. The lowest BCUT2D eigenvalue weighted by Crippen LogP contribution is -1.72. The first-order valence-corrected chi connectivity index (χ1v) is 5.54. The average Bonchev–Trinajstić information content (AvgIpc) is 2.34. The van der Waals surface area contributed by atoms with Gasteiger partial charge in [-0.25, -0.2) is 0 Å². The summed E-state index contributed by atoms with van der Waals surface area (Å²) in [5, 5.41) is 7.89. The number of thiol groups is 2. The van der Waals surface area contributed by atoms with Gasteiger partial charge in [0.15, 0.2) is 11.2 Å². The molecule has 6 heteroatoms. The van der Waals surface area contributed by atoms with Crippen LogP contribution in [0.25, 0.3) is 0 Å². The number of carbonyl (C=O) groups is 2. The predicted octanol–water partition coefficient (Wildman–Crippen LogP) is 3.10. The third-order valence-corrected chi connectivity index (χ3v) is 0.825. The minimum Gasteiger partial charge on any atom is -0.291 e. The summed E-state index contributed by atoms with van der Waals surface area (Å²) in [5.74, 6) is 0.190. The molecule has 0 radical (unpaired) electrons. The van der Waals surface area contributed by atoms with Gasteiger partial charge >= 0.3 is 0 Å². The molecule has 0 aromatic carbocycles. The van der Waals surface area contributed by atoms with E-state index in [-0.39, 0.29) is 13.3 Å². The van der Waals surface area contributed by atoms with Gasteiger partial charge in [-0.1, -0.05) is 13.5 Å². The molecule has 0 aliphatic heterocycles. The number of aromatic nitrogens is 1. The van der Waals surface area contributed by atoms with Gasteiger partial charge in [0.05, 0.1) is 6.07 Å². The molecule has 0 aliphatic rings. The zero-order valence-electron chi connectivity index (χ0n) is 9.72. The minimum absolute atomic E-state index is 0. The molecule has 102 valence electrons. The molecule has 0 amide bonds. The summed E-state index contributed by atoms with van der Waals surface area (Å²) in [7, 11) is 0. The van der Waals surface area contributed by atoms with E-state index in [9.17, 15) is 0 Å². The van der Waals surface area contributed by atoms with Crippen molar-refractivity contribution in [3.63, 3.8) is 0 Å². The van der Waals surface area contributed by atoms with E-state index in [1.54, 1.807) is 12.4 Å². The molecule has 0 bridgehead atoms. The summed E-state index contributed by atoms with van der Waals surface area (Å²) in [4.78, 5) is 21.1. The molecule has 18 heavy (non-hydrogen) atoms. The summed E-state index contributed by atoms with van der Waals surface area (Å²) in [6.07, 6.45) is 3.50. The molecule has 1 aromatic heterocycles. The molecule has 4 nitrogen and oxygen atoms in total. The Labute approximate surface area is 120 Å². The maximum absolute atomic E-state index is 8.67. The molecule has 0 saturated carbocycles. The molecule has 0 saturated heterocycles. The molecule has 0 aliphatic carbocycles. The monoisotopic (exact) mass is 288 g/mol. The Balaban J connectivity index is -0.0000000752. The van der Waals surface area contributed by atoms with Gasteiger partial charge in [0.1, 0.15) is 0 Å². The Morgan fingerprint density at radius 3 is 1.44 bits per heavy atom. The normalized spacial score (nSPS) is 6.22. The van der Waals surface area contributed by atoms with Crippen LogP contribution in [0.1, 0.15) is 21.3 Å². The zero-order valence-corrected chi connectivity index (χ0v) is 11.5. The van der Waals surface area contributed by atoms with Crippen LogP contribution in [-0.4, -0.2) is 16.2 Å². The minimum atomic E-state index is 0. The fraction of sp³-hybridized carbons (Fsp3) is 0.333. The largest absolute Gasteiger partial charge is 0.291 e. The van der Waals surface area contributed by atoms with Crippen molar-refractivity contribution in [2.45, 2.75) is 21.3 Å². The molecule has 0 atom stereocenters. The topological polar surface area (TPSA) is 70.8 Å². The van der Waals surface area contributed by atoms with Gasteiger partial charge in [-0.2, -0.15) is 5.26 Å². The number of nitrogens with zero attached hydrogens (tertiary/aromatic N) is 2. The summed E-state index contributed by atoms with van der Waals surface area (Å²) in [5.41, 5.74) is 0.889. The van der Waals surface area contributed by atoms with Crippen LogP contribution >= 0.6 is 25.3 Å². The van der Waals surface area contributed by atoms with Crippen LogP contribution in [-0.2, 0) is 9.59 Å². The first kappa shape index (κ1) is 25.5. The van der Waals surface area contributed by atoms with E-state index in [0.717, 1.165) is 0 Å². The van der Waals surface area contributed by atoms with Crippen molar-refractivity contribution >= 4 is 36.5 Å². The molecule has 0 N–H and O–H groups in total. The van der Waals surface area contributed by atoms with Crippen molar-refractivity contribution in [2.24, 2.45) is 5.92 Å². The van der Waals surface area contributed by atoms with Gasteiger partial charge < -0.3 is 0 Å². The van der Waals surface area contributed by atoms with E-state index >= 15 is 0 Å². The predicted molar refractivity (Wildman–Crippen MR) is 82.9 cm³/mol. The molecular formula is C12H20N2O2S2. The highest BCUT2D eigenvalue weighted by Gasteiger charge is 1.78. The summed E-state index contributed by atoms with van der Waals surface area (Å²) in [6.45, 7) is 3.72. The van der Waals surface area contributed by atoms with Crippen LogP contribution < -0.4 is 0 Å². The van der Waals surface area contributed by atoms with Crippen LogP contribution in [0.4, 0.5) is 0 Å². The second-order valence-corrected chi connectivity index (χ2v) is 2.94. The van der Waals surface area contributed by atoms with Crippen molar-refractivity contribution in [1.82, 2.24) is 4.98 Å². The van der Waals surface area contributed by atoms with Crippen LogP contribution in [0.2, 0.25) is 0 Å². The first-order valence-electron chi connectivity index (χ1n) is 4.50. The van der Waals surface area contributed by atoms with Crippen molar-refractivity contribution in [1.29, 1.82) is 5.26 Å². The first-order chi connectivity index (χ1) is 8.10. The van der Waals surface area contributed by atoms with Crippen LogP contribution in [0.5, 0.6) is 0 Å². The fourth-order valence-electron chi connectivity index (χ4n) is 0.313. The number of hydrogen-bond acceptors (Lipinski definition) is 4. The lowest BCUT2D eigenvalue weighted by atomic mass is 10.3. The summed E-state index contributed by atoms with van der Waals surface area (Å²) < 4.78 is 0. The van der Waals surface area contributed by atoms with E-state index < -0.39 is 0 Å². The van der Waals surface area contributed by atoms with E-state index in [2.05, 4.69) is 30.2 Å². The van der Waals surface area contributed by atoms with E-state index in [1.807, 2.05) is 38.1 Å².